The van der Waals surface area contributed by atoms with E-state index < -0.39 is 6.10 Å². The molecule has 1 heterocycles. The monoisotopic (exact) mass is 156 g/mol. The first kappa shape index (κ1) is 8.23. The maximum Gasteiger partial charge on any atom is 0.224 e. The van der Waals surface area contributed by atoms with Crippen LogP contribution in [0.4, 0.5) is 0 Å². The average Bonchev–Trinajstić information content (AvgIpc) is 2.31. The minimum absolute atomic E-state index is 0.138. The van der Waals surface area contributed by atoms with Crippen molar-refractivity contribution in [2.75, 3.05) is 6.54 Å². The van der Waals surface area contributed by atoms with Gasteiger partial charge in [0, 0.05) is 6.54 Å². The highest BCUT2D eigenvalue weighted by Gasteiger charge is 2.12. The summed E-state index contributed by atoms with van der Waals surface area (Å²) in [6.45, 7) is 3.76. The molecule has 0 bridgehead atoms. The van der Waals surface area contributed by atoms with Crippen LogP contribution < -0.4 is 5.73 Å². The second-order valence-electron chi connectivity index (χ2n) is 2.45. The van der Waals surface area contributed by atoms with Gasteiger partial charge in [-0.05, 0) is 13.8 Å². The highest BCUT2D eigenvalue weighted by molar-refractivity contribution is 5.06. The number of aromatic nitrogens is 1. The van der Waals surface area contributed by atoms with Crippen molar-refractivity contribution in [3.05, 3.63) is 17.3 Å². The van der Waals surface area contributed by atoms with E-state index >= 15 is 0 Å². The van der Waals surface area contributed by atoms with Crippen LogP contribution in [0, 0.1) is 13.8 Å². The fourth-order valence-electron chi connectivity index (χ4n) is 0.741. The predicted octanol–water partition coefficient (Wildman–Crippen LogP) is 0.284. The highest BCUT2D eigenvalue weighted by Crippen LogP contribution is 2.14. The number of aliphatic hydroxyl groups is 1. The molecular weight excluding hydrogens is 144 g/mol. The third-order valence-electron chi connectivity index (χ3n) is 1.55. The molecule has 11 heavy (non-hydrogen) atoms. The summed E-state index contributed by atoms with van der Waals surface area (Å²) in [7, 11) is 0. The quantitative estimate of drug-likeness (QED) is 0.645. The highest BCUT2D eigenvalue weighted by atomic mass is 16.4. The first-order valence-electron chi connectivity index (χ1n) is 3.47. The first-order valence-corrected chi connectivity index (χ1v) is 3.47. The molecule has 1 atom stereocenters. The molecule has 0 fully saturated rings. The molecule has 0 saturated heterocycles. The summed E-state index contributed by atoms with van der Waals surface area (Å²) in [5.41, 5.74) is 6.01. The van der Waals surface area contributed by atoms with Gasteiger partial charge in [0.05, 0.1) is 5.69 Å². The summed E-state index contributed by atoms with van der Waals surface area (Å²) < 4.78 is 5.13. The number of aliphatic hydroxyl groups excluding tert-OH is 1. The lowest BCUT2D eigenvalue weighted by molar-refractivity contribution is 0.150. The molecule has 0 saturated carbocycles. The van der Waals surface area contributed by atoms with E-state index in [1.165, 1.54) is 0 Å². The number of nitrogens with two attached hydrogens (primary N) is 1. The van der Waals surface area contributed by atoms with Crippen LogP contribution >= 0.6 is 0 Å². The number of hydrogen-bond donors (Lipinski definition) is 2. The average molecular weight is 156 g/mol. The van der Waals surface area contributed by atoms with Crippen molar-refractivity contribution < 1.29 is 9.52 Å². The first-order chi connectivity index (χ1) is 5.15. The molecule has 4 nitrogen and oxygen atoms in total. The summed E-state index contributed by atoms with van der Waals surface area (Å²) in [5.74, 6) is 1.04. The van der Waals surface area contributed by atoms with E-state index in [0.29, 0.717) is 5.89 Å². The lowest BCUT2D eigenvalue weighted by Gasteiger charge is -1.99. The zero-order chi connectivity index (χ0) is 8.43. The minimum Gasteiger partial charge on any atom is -0.443 e. The number of rotatable bonds is 2. The van der Waals surface area contributed by atoms with Gasteiger partial charge in [0.2, 0.25) is 5.89 Å². The molecule has 1 aromatic rings. The normalized spacial score (nSPS) is 13.5. The molecule has 1 aromatic heterocycles. The maximum atomic E-state index is 9.19. The number of hydrogen-bond acceptors (Lipinski definition) is 4. The molecule has 0 aromatic carbocycles. The molecule has 0 aliphatic carbocycles. The Kier molecular flexibility index (Phi) is 2.26. The van der Waals surface area contributed by atoms with E-state index in [1.54, 1.807) is 6.92 Å². The zero-order valence-electron chi connectivity index (χ0n) is 6.66. The smallest absolute Gasteiger partial charge is 0.224 e. The molecular formula is C7H12N2O2. The maximum absolute atomic E-state index is 9.19. The van der Waals surface area contributed by atoms with E-state index in [2.05, 4.69) is 4.98 Å². The summed E-state index contributed by atoms with van der Waals surface area (Å²) >= 11 is 0. The van der Waals surface area contributed by atoms with E-state index in [1.807, 2.05) is 6.92 Å². The van der Waals surface area contributed by atoms with Crippen LogP contribution in [0.15, 0.2) is 4.42 Å². The van der Waals surface area contributed by atoms with Crippen molar-refractivity contribution in [2.45, 2.75) is 20.0 Å². The summed E-state index contributed by atoms with van der Waals surface area (Å²) in [6.07, 6.45) is -0.776. The fraction of sp³-hybridized carbons (Fsp3) is 0.571. The van der Waals surface area contributed by atoms with Gasteiger partial charge in [0.1, 0.15) is 11.9 Å². The molecule has 0 aliphatic heterocycles. The van der Waals surface area contributed by atoms with Crippen molar-refractivity contribution in [3.8, 4) is 0 Å². The van der Waals surface area contributed by atoms with Gasteiger partial charge >= 0.3 is 0 Å². The van der Waals surface area contributed by atoms with Crippen molar-refractivity contribution in [1.82, 2.24) is 4.98 Å². The van der Waals surface area contributed by atoms with Gasteiger partial charge in [-0.3, -0.25) is 0 Å². The van der Waals surface area contributed by atoms with Crippen molar-refractivity contribution in [2.24, 2.45) is 5.73 Å². The van der Waals surface area contributed by atoms with Crippen LogP contribution in [-0.2, 0) is 0 Å². The lowest BCUT2D eigenvalue weighted by Crippen LogP contribution is -2.11. The van der Waals surface area contributed by atoms with Gasteiger partial charge in [0.25, 0.3) is 0 Å². The van der Waals surface area contributed by atoms with Crippen LogP contribution in [-0.4, -0.2) is 16.6 Å². The van der Waals surface area contributed by atoms with E-state index in [-0.39, 0.29) is 6.54 Å². The minimum atomic E-state index is -0.776. The molecule has 3 N–H and O–H groups in total. The standard InChI is InChI=1S/C7H12N2O2/c1-4-5(2)11-7(9-4)6(10)3-8/h6,10H,3,8H2,1-2H3. The molecule has 0 amide bonds. The SMILES string of the molecule is Cc1nc(C(O)CN)oc1C. The third kappa shape index (κ3) is 1.58. The van der Waals surface area contributed by atoms with Gasteiger partial charge in [-0.25, -0.2) is 4.98 Å². The largest absolute Gasteiger partial charge is 0.443 e. The van der Waals surface area contributed by atoms with Crippen LogP contribution in [0.1, 0.15) is 23.4 Å². The summed E-state index contributed by atoms with van der Waals surface area (Å²) in [4.78, 5) is 3.98. The third-order valence-corrected chi connectivity index (χ3v) is 1.55. The van der Waals surface area contributed by atoms with Crippen LogP contribution in [0.25, 0.3) is 0 Å². The Morgan fingerprint density at radius 1 is 1.64 bits per heavy atom. The van der Waals surface area contributed by atoms with Crippen LogP contribution in [0.3, 0.4) is 0 Å². The lowest BCUT2D eigenvalue weighted by atomic mass is 10.4. The van der Waals surface area contributed by atoms with E-state index in [0.717, 1.165) is 11.5 Å². The Bertz CT molecular complexity index is 225. The van der Waals surface area contributed by atoms with Gasteiger partial charge in [-0.1, -0.05) is 0 Å². The summed E-state index contributed by atoms with van der Waals surface area (Å²) in [5, 5.41) is 9.19. The van der Waals surface area contributed by atoms with Crippen molar-refractivity contribution in [3.63, 3.8) is 0 Å². The predicted molar refractivity (Wildman–Crippen MR) is 40.0 cm³/mol. The van der Waals surface area contributed by atoms with Gasteiger partial charge in [0.15, 0.2) is 0 Å². The molecule has 1 unspecified atom stereocenters. The van der Waals surface area contributed by atoms with E-state index in [4.69, 9.17) is 10.2 Å². The molecule has 0 spiro atoms. The summed E-state index contributed by atoms with van der Waals surface area (Å²) in [6, 6.07) is 0. The van der Waals surface area contributed by atoms with E-state index in [9.17, 15) is 5.11 Å². The second-order valence-corrected chi connectivity index (χ2v) is 2.45. The zero-order valence-corrected chi connectivity index (χ0v) is 6.66. The topological polar surface area (TPSA) is 72.3 Å². The molecule has 4 heteroatoms. The second kappa shape index (κ2) is 3.02. The Labute approximate surface area is 65.0 Å². The van der Waals surface area contributed by atoms with Crippen molar-refractivity contribution in [1.29, 1.82) is 0 Å². The Morgan fingerprint density at radius 3 is 2.64 bits per heavy atom. The Morgan fingerprint density at radius 2 is 2.27 bits per heavy atom. The molecule has 1 rings (SSSR count). The molecule has 62 valence electrons. The molecule has 0 aliphatic rings. The van der Waals surface area contributed by atoms with Gasteiger partial charge < -0.3 is 15.3 Å². The van der Waals surface area contributed by atoms with Crippen LogP contribution in [0.2, 0.25) is 0 Å². The number of oxazole rings is 1. The Hall–Kier alpha value is -0.870. The number of aryl methyl sites for hydroxylation is 2. The fourth-order valence-corrected chi connectivity index (χ4v) is 0.741. The van der Waals surface area contributed by atoms with Crippen LogP contribution in [0.5, 0.6) is 0 Å². The molecule has 0 radical (unpaired) electrons. The van der Waals surface area contributed by atoms with Gasteiger partial charge in [-0.2, -0.15) is 0 Å². The van der Waals surface area contributed by atoms with Gasteiger partial charge in [-0.15, -0.1) is 0 Å². The van der Waals surface area contributed by atoms with Crippen molar-refractivity contribution >= 4 is 0 Å². The Balaban J connectivity index is 2.88. The number of nitrogens with zero attached hydrogens (tertiary/aromatic N) is 1.